The van der Waals surface area contributed by atoms with Gasteiger partial charge in [0.05, 0.1) is 18.6 Å². The number of hydrogen-bond acceptors (Lipinski definition) is 5. The number of methoxy groups -OCH3 is 1. The lowest BCUT2D eigenvalue weighted by Gasteiger charge is -2.07. The van der Waals surface area contributed by atoms with Gasteiger partial charge in [0.25, 0.3) is 0 Å². The minimum absolute atomic E-state index is 0.0812. The van der Waals surface area contributed by atoms with E-state index in [1.165, 1.54) is 7.11 Å². The van der Waals surface area contributed by atoms with Crippen LogP contribution in [0.1, 0.15) is 6.42 Å². The molecule has 5 nitrogen and oxygen atoms in total. The SMILES string of the molecule is COC(=O)OC1CCS(=O)(=O)C1. The van der Waals surface area contributed by atoms with Crippen LogP contribution in [0.4, 0.5) is 4.79 Å². The molecule has 0 aromatic carbocycles. The molecule has 1 saturated heterocycles. The maximum atomic E-state index is 10.9. The van der Waals surface area contributed by atoms with E-state index >= 15 is 0 Å². The first-order chi connectivity index (χ1) is 5.53. The van der Waals surface area contributed by atoms with Gasteiger partial charge in [0, 0.05) is 0 Å². The van der Waals surface area contributed by atoms with Gasteiger partial charge in [0.2, 0.25) is 0 Å². The van der Waals surface area contributed by atoms with E-state index in [1.54, 1.807) is 0 Å². The standard InChI is InChI=1S/C6H10O5S/c1-10-6(7)11-5-2-3-12(8,9)4-5/h5H,2-4H2,1H3. The fourth-order valence-electron chi connectivity index (χ4n) is 1.04. The molecule has 1 aliphatic heterocycles. The third kappa shape index (κ3) is 2.37. The van der Waals surface area contributed by atoms with E-state index in [9.17, 15) is 13.2 Å². The molecule has 1 heterocycles. The van der Waals surface area contributed by atoms with Crippen LogP contribution < -0.4 is 0 Å². The van der Waals surface area contributed by atoms with Crippen molar-refractivity contribution < 1.29 is 22.7 Å². The highest BCUT2D eigenvalue weighted by atomic mass is 32.2. The van der Waals surface area contributed by atoms with Gasteiger partial charge in [-0.25, -0.2) is 13.2 Å². The van der Waals surface area contributed by atoms with Crippen LogP contribution in [0.3, 0.4) is 0 Å². The Kier molecular flexibility index (Phi) is 2.56. The number of sulfone groups is 1. The lowest BCUT2D eigenvalue weighted by molar-refractivity contribution is 0.0459. The predicted octanol–water partition coefficient (Wildman–Crippen LogP) is -0.0435. The van der Waals surface area contributed by atoms with Gasteiger partial charge in [0.1, 0.15) is 6.10 Å². The zero-order chi connectivity index (χ0) is 9.19. The lowest BCUT2D eigenvalue weighted by atomic mass is 10.3. The van der Waals surface area contributed by atoms with Gasteiger partial charge in [-0.2, -0.15) is 0 Å². The monoisotopic (exact) mass is 194 g/mol. The lowest BCUT2D eigenvalue weighted by Crippen LogP contribution is -2.19. The van der Waals surface area contributed by atoms with Crippen molar-refractivity contribution in [3.8, 4) is 0 Å². The molecule has 0 aliphatic carbocycles. The molecule has 1 rings (SSSR count). The topological polar surface area (TPSA) is 69.7 Å². The highest BCUT2D eigenvalue weighted by Gasteiger charge is 2.30. The summed E-state index contributed by atoms with van der Waals surface area (Å²) in [5, 5.41) is 0. The zero-order valence-corrected chi connectivity index (χ0v) is 7.46. The van der Waals surface area contributed by atoms with E-state index in [2.05, 4.69) is 9.47 Å². The van der Waals surface area contributed by atoms with E-state index in [1.807, 2.05) is 0 Å². The van der Waals surface area contributed by atoms with Crippen LogP contribution >= 0.6 is 0 Å². The van der Waals surface area contributed by atoms with Crippen LogP contribution in [0.15, 0.2) is 0 Å². The largest absolute Gasteiger partial charge is 0.508 e. The van der Waals surface area contributed by atoms with Crippen molar-refractivity contribution in [2.75, 3.05) is 18.6 Å². The van der Waals surface area contributed by atoms with Gasteiger partial charge in [-0.1, -0.05) is 0 Å². The number of carbonyl (C=O) groups excluding carboxylic acids is 1. The van der Waals surface area contributed by atoms with Crippen molar-refractivity contribution in [3.05, 3.63) is 0 Å². The molecule has 6 heteroatoms. The second kappa shape index (κ2) is 3.30. The van der Waals surface area contributed by atoms with Crippen molar-refractivity contribution >= 4 is 16.0 Å². The summed E-state index contributed by atoms with van der Waals surface area (Å²) >= 11 is 0. The summed E-state index contributed by atoms with van der Waals surface area (Å²) in [4.78, 5) is 10.5. The fourth-order valence-corrected chi connectivity index (χ4v) is 2.63. The highest BCUT2D eigenvalue weighted by Crippen LogP contribution is 2.14. The Morgan fingerprint density at radius 3 is 2.58 bits per heavy atom. The molecule has 0 spiro atoms. The van der Waals surface area contributed by atoms with Crippen molar-refractivity contribution in [2.45, 2.75) is 12.5 Å². The molecule has 1 aliphatic rings. The maximum Gasteiger partial charge on any atom is 0.508 e. The van der Waals surface area contributed by atoms with Crippen LogP contribution in [-0.4, -0.2) is 39.3 Å². The second-order valence-corrected chi connectivity index (χ2v) is 4.83. The summed E-state index contributed by atoms with van der Waals surface area (Å²) in [5.74, 6) is 0.0107. The van der Waals surface area contributed by atoms with Gasteiger partial charge in [0.15, 0.2) is 9.84 Å². The molecule has 0 N–H and O–H groups in total. The fraction of sp³-hybridized carbons (Fsp3) is 0.833. The first-order valence-corrected chi connectivity index (χ1v) is 5.30. The van der Waals surface area contributed by atoms with Gasteiger partial charge < -0.3 is 9.47 Å². The number of ether oxygens (including phenoxy) is 2. The predicted molar refractivity (Wildman–Crippen MR) is 40.5 cm³/mol. The molecule has 0 bridgehead atoms. The molecule has 1 atom stereocenters. The average Bonchev–Trinajstić information content (AvgIpc) is 2.30. The van der Waals surface area contributed by atoms with Gasteiger partial charge in [-0.3, -0.25) is 0 Å². The van der Waals surface area contributed by atoms with Crippen molar-refractivity contribution in [3.63, 3.8) is 0 Å². The van der Waals surface area contributed by atoms with Crippen LogP contribution in [0, 0.1) is 0 Å². The summed E-state index contributed by atoms with van der Waals surface area (Å²) in [7, 11) is -1.80. The van der Waals surface area contributed by atoms with Crippen molar-refractivity contribution in [1.29, 1.82) is 0 Å². The quantitative estimate of drug-likeness (QED) is 0.547. The second-order valence-electron chi connectivity index (χ2n) is 2.60. The average molecular weight is 194 g/mol. The van der Waals surface area contributed by atoms with Crippen LogP contribution in [0.2, 0.25) is 0 Å². The Bertz CT molecular complexity index is 268. The third-order valence-electron chi connectivity index (χ3n) is 1.62. The minimum Gasteiger partial charge on any atom is -0.438 e. The molecule has 70 valence electrons. The number of carbonyl (C=O) groups is 1. The molecule has 1 unspecified atom stereocenters. The van der Waals surface area contributed by atoms with Crippen LogP contribution in [0.25, 0.3) is 0 Å². The molecule has 0 radical (unpaired) electrons. The molecular weight excluding hydrogens is 184 g/mol. The third-order valence-corrected chi connectivity index (χ3v) is 3.36. The normalized spacial score (nSPS) is 26.6. The Balaban J connectivity index is 2.43. The molecule has 0 aromatic heterocycles. The highest BCUT2D eigenvalue weighted by molar-refractivity contribution is 7.91. The number of hydrogen-bond donors (Lipinski definition) is 0. The van der Waals surface area contributed by atoms with E-state index in [0.29, 0.717) is 6.42 Å². The molecular formula is C6H10O5S. The first-order valence-electron chi connectivity index (χ1n) is 3.48. The van der Waals surface area contributed by atoms with Crippen LogP contribution in [-0.2, 0) is 19.3 Å². The Morgan fingerprint density at radius 2 is 2.17 bits per heavy atom. The van der Waals surface area contributed by atoms with E-state index < -0.39 is 22.1 Å². The van der Waals surface area contributed by atoms with Crippen molar-refractivity contribution in [2.24, 2.45) is 0 Å². The Morgan fingerprint density at radius 1 is 1.50 bits per heavy atom. The molecule has 1 fully saturated rings. The van der Waals surface area contributed by atoms with Gasteiger partial charge in [-0.15, -0.1) is 0 Å². The van der Waals surface area contributed by atoms with Gasteiger partial charge >= 0.3 is 6.16 Å². The summed E-state index contributed by atoms with van der Waals surface area (Å²) in [6.45, 7) is 0. The maximum absolute atomic E-state index is 10.9. The Hall–Kier alpha value is -0.780. The van der Waals surface area contributed by atoms with E-state index in [-0.39, 0.29) is 11.5 Å². The Labute approximate surface area is 70.6 Å². The molecule has 0 aromatic rings. The summed E-state index contributed by atoms with van der Waals surface area (Å²) in [5.41, 5.74) is 0. The zero-order valence-electron chi connectivity index (χ0n) is 6.65. The van der Waals surface area contributed by atoms with E-state index in [4.69, 9.17) is 0 Å². The summed E-state index contributed by atoms with van der Waals surface area (Å²) in [6, 6.07) is 0. The number of rotatable bonds is 1. The molecule has 0 saturated carbocycles. The van der Waals surface area contributed by atoms with Crippen LogP contribution in [0.5, 0.6) is 0 Å². The molecule has 12 heavy (non-hydrogen) atoms. The molecule has 0 amide bonds. The van der Waals surface area contributed by atoms with Gasteiger partial charge in [-0.05, 0) is 6.42 Å². The van der Waals surface area contributed by atoms with Crippen molar-refractivity contribution in [1.82, 2.24) is 0 Å². The summed E-state index contributed by atoms with van der Waals surface area (Å²) in [6.07, 6.45) is -0.975. The summed E-state index contributed by atoms with van der Waals surface area (Å²) < 4.78 is 30.6. The smallest absolute Gasteiger partial charge is 0.438 e. The van der Waals surface area contributed by atoms with E-state index in [0.717, 1.165) is 0 Å². The minimum atomic E-state index is -2.98. The first kappa shape index (κ1) is 9.31.